The van der Waals surface area contributed by atoms with Gasteiger partial charge in [0.1, 0.15) is 5.69 Å². The molecule has 1 aromatic carbocycles. The molecule has 0 aliphatic heterocycles. The predicted octanol–water partition coefficient (Wildman–Crippen LogP) is 2.31. The summed E-state index contributed by atoms with van der Waals surface area (Å²) in [6, 6.07) is 4.76. The number of carbonyl (C=O) groups is 1. The van der Waals surface area contributed by atoms with E-state index in [9.17, 15) is 14.9 Å². The molecule has 2 rings (SSSR count). The van der Waals surface area contributed by atoms with Crippen LogP contribution in [0.2, 0.25) is 0 Å². The number of nitrogens with one attached hydrogen (secondary N) is 2. The molecule has 102 valence electrons. The average molecular weight is 263 g/mol. The topological polar surface area (TPSA) is 84.3 Å². The first-order valence-corrected chi connectivity index (χ1v) is 6.45. The van der Waals surface area contributed by atoms with Crippen LogP contribution >= 0.6 is 0 Å². The van der Waals surface area contributed by atoms with Crippen LogP contribution in [0.1, 0.15) is 36.5 Å². The molecule has 1 saturated carbocycles. The molecule has 0 saturated heterocycles. The Morgan fingerprint density at radius 1 is 1.47 bits per heavy atom. The smallest absolute Gasteiger partial charge is 0.293 e. The fourth-order valence-corrected chi connectivity index (χ4v) is 2.06. The highest BCUT2D eigenvalue weighted by molar-refractivity contribution is 6.01. The van der Waals surface area contributed by atoms with Crippen LogP contribution in [0.25, 0.3) is 0 Å². The van der Waals surface area contributed by atoms with E-state index in [0.29, 0.717) is 17.8 Å². The summed E-state index contributed by atoms with van der Waals surface area (Å²) in [5.74, 6) is -0.246. The lowest BCUT2D eigenvalue weighted by Crippen LogP contribution is -2.39. The van der Waals surface area contributed by atoms with E-state index in [0.717, 1.165) is 19.3 Å². The molecule has 0 heterocycles. The number of nitrogens with zero attached hydrogens (tertiary/aromatic N) is 1. The second kappa shape index (κ2) is 5.69. The Bertz CT molecular complexity index is 498. The van der Waals surface area contributed by atoms with Crippen LogP contribution in [-0.2, 0) is 0 Å². The van der Waals surface area contributed by atoms with Crippen LogP contribution in [0, 0.1) is 10.1 Å². The average Bonchev–Trinajstić information content (AvgIpc) is 2.34. The molecule has 19 heavy (non-hydrogen) atoms. The zero-order valence-corrected chi connectivity index (χ0v) is 10.8. The Kier molecular flexibility index (Phi) is 3.99. The summed E-state index contributed by atoms with van der Waals surface area (Å²) in [5, 5.41) is 16.8. The van der Waals surface area contributed by atoms with Gasteiger partial charge in [-0.1, -0.05) is 6.07 Å². The zero-order chi connectivity index (χ0) is 13.8. The number of hydrogen-bond acceptors (Lipinski definition) is 4. The molecule has 0 bridgehead atoms. The Balaban J connectivity index is 2.29. The van der Waals surface area contributed by atoms with Gasteiger partial charge in [0.25, 0.3) is 11.6 Å². The van der Waals surface area contributed by atoms with Crippen molar-refractivity contribution in [1.82, 2.24) is 5.32 Å². The fraction of sp³-hybridized carbons (Fsp3) is 0.462. The second-order valence-electron chi connectivity index (χ2n) is 4.59. The van der Waals surface area contributed by atoms with E-state index in [-0.39, 0.29) is 17.6 Å². The summed E-state index contributed by atoms with van der Waals surface area (Å²) >= 11 is 0. The Morgan fingerprint density at radius 3 is 2.74 bits per heavy atom. The highest BCUT2D eigenvalue weighted by Crippen LogP contribution is 2.29. The van der Waals surface area contributed by atoms with Gasteiger partial charge >= 0.3 is 0 Å². The largest absolute Gasteiger partial charge is 0.379 e. The van der Waals surface area contributed by atoms with Crippen molar-refractivity contribution in [2.24, 2.45) is 0 Å². The highest BCUT2D eigenvalue weighted by Gasteiger charge is 2.24. The zero-order valence-electron chi connectivity index (χ0n) is 10.8. The summed E-state index contributed by atoms with van der Waals surface area (Å²) in [5.41, 5.74) is 0.567. The summed E-state index contributed by atoms with van der Waals surface area (Å²) in [6.07, 6.45) is 3.09. The van der Waals surface area contributed by atoms with Crippen LogP contribution in [0.4, 0.5) is 11.4 Å². The molecule has 1 aromatic rings. The van der Waals surface area contributed by atoms with Gasteiger partial charge in [0.05, 0.1) is 10.5 Å². The van der Waals surface area contributed by atoms with Gasteiger partial charge in [0.2, 0.25) is 0 Å². The Morgan fingerprint density at radius 2 is 2.21 bits per heavy atom. The molecule has 0 atom stereocenters. The van der Waals surface area contributed by atoms with Gasteiger partial charge in [-0.05, 0) is 32.3 Å². The van der Waals surface area contributed by atoms with Crippen LogP contribution in [-0.4, -0.2) is 23.4 Å². The van der Waals surface area contributed by atoms with E-state index >= 15 is 0 Å². The number of carbonyl (C=O) groups excluding carboxylic acids is 1. The van der Waals surface area contributed by atoms with E-state index in [1.165, 1.54) is 12.1 Å². The fourth-order valence-electron chi connectivity index (χ4n) is 2.06. The number of hydrogen-bond donors (Lipinski definition) is 2. The van der Waals surface area contributed by atoms with Crippen molar-refractivity contribution in [2.45, 2.75) is 32.2 Å². The van der Waals surface area contributed by atoms with E-state index in [2.05, 4.69) is 10.6 Å². The van der Waals surface area contributed by atoms with Crippen molar-refractivity contribution >= 4 is 17.3 Å². The minimum Gasteiger partial charge on any atom is -0.379 e. The third-order valence-corrected chi connectivity index (χ3v) is 3.28. The number of para-hydroxylation sites is 1. The Labute approximate surface area is 111 Å². The molecule has 6 nitrogen and oxygen atoms in total. The van der Waals surface area contributed by atoms with Crippen molar-refractivity contribution in [3.63, 3.8) is 0 Å². The van der Waals surface area contributed by atoms with Crippen LogP contribution in [0.5, 0.6) is 0 Å². The number of rotatable bonds is 5. The van der Waals surface area contributed by atoms with E-state index in [4.69, 9.17) is 0 Å². The lowest BCUT2D eigenvalue weighted by molar-refractivity contribution is -0.384. The standard InChI is InChI=1S/C13H17N3O3/c1-2-14-12-10(7-4-8-11(12)16(18)19)13(17)15-9-5-3-6-9/h4,7-9,14H,2-3,5-6H2,1H3,(H,15,17). The third kappa shape index (κ3) is 2.83. The molecular formula is C13H17N3O3. The first-order chi connectivity index (χ1) is 9.13. The molecule has 6 heteroatoms. The molecule has 1 fully saturated rings. The normalized spacial score (nSPS) is 14.6. The molecule has 0 unspecified atom stereocenters. The lowest BCUT2D eigenvalue weighted by Gasteiger charge is -2.26. The summed E-state index contributed by atoms with van der Waals surface area (Å²) in [6.45, 7) is 2.36. The SMILES string of the molecule is CCNc1c(C(=O)NC2CCC2)cccc1[N+](=O)[O-]. The van der Waals surface area contributed by atoms with Gasteiger partial charge < -0.3 is 10.6 Å². The quantitative estimate of drug-likeness (QED) is 0.630. The predicted molar refractivity (Wildman–Crippen MR) is 72.4 cm³/mol. The summed E-state index contributed by atoms with van der Waals surface area (Å²) in [7, 11) is 0. The van der Waals surface area contributed by atoms with Gasteiger partial charge in [-0.2, -0.15) is 0 Å². The molecule has 0 radical (unpaired) electrons. The second-order valence-corrected chi connectivity index (χ2v) is 4.59. The number of amides is 1. The van der Waals surface area contributed by atoms with Gasteiger partial charge in [-0.3, -0.25) is 14.9 Å². The lowest BCUT2D eigenvalue weighted by atomic mass is 9.93. The van der Waals surface area contributed by atoms with Crippen molar-refractivity contribution < 1.29 is 9.72 Å². The van der Waals surface area contributed by atoms with Crippen molar-refractivity contribution in [3.05, 3.63) is 33.9 Å². The highest BCUT2D eigenvalue weighted by atomic mass is 16.6. The van der Waals surface area contributed by atoms with Gasteiger partial charge in [0.15, 0.2) is 0 Å². The maximum absolute atomic E-state index is 12.1. The van der Waals surface area contributed by atoms with Crippen LogP contribution < -0.4 is 10.6 Å². The maximum Gasteiger partial charge on any atom is 0.293 e. The molecule has 0 aromatic heterocycles. The minimum atomic E-state index is -0.474. The third-order valence-electron chi connectivity index (χ3n) is 3.28. The van der Waals surface area contributed by atoms with Crippen molar-refractivity contribution in [1.29, 1.82) is 0 Å². The van der Waals surface area contributed by atoms with Gasteiger partial charge in [0, 0.05) is 18.7 Å². The molecular weight excluding hydrogens is 246 g/mol. The molecule has 1 aliphatic carbocycles. The molecule has 1 aliphatic rings. The molecule has 0 spiro atoms. The number of benzene rings is 1. The van der Waals surface area contributed by atoms with E-state index in [1.807, 2.05) is 6.92 Å². The Hall–Kier alpha value is -2.11. The van der Waals surface area contributed by atoms with Crippen molar-refractivity contribution in [2.75, 3.05) is 11.9 Å². The van der Waals surface area contributed by atoms with E-state index in [1.54, 1.807) is 6.07 Å². The van der Waals surface area contributed by atoms with Crippen LogP contribution in [0.3, 0.4) is 0 Å². The number of nitro groups is 1. The molecule has 2 N–H and O–H groups in total. The minimum absolute atomic E-state index is 0.0666. The van der Waals surface area contributed by atoms with Gasteiger partial charge in [-0.15, -0.1) is 0 Å². The number of anilines is 1. The number of nitro benzene ring substituents is 1. The van der Waals surface area contributed by atoms with Crippen molar-refractivity contribution in [3.8, 4) is 0 Å². The molecule has 1 amide bonds. The van der Waals surface area contributed by atoms with Gasteiger partial charge in [-0.25, -0.2) is 0 Å². The van der Waals surface area contributed by atoms with Crippen LogP contribution in [0.15, 0.2) is 18.2 Å². The first kappa shape index (κ1) is 13.3. The monoisotopic (exact) mass is 263 g/mol. The summed E-state index contributed by atoms with van der Waals surface area (Å²) < 4.78 is 0. The maximum atomic E-state index is 12.1. The summed E-state index contributed by atoms with van der Waals surface area (Å²) in [4.78, 5) is 22.7. The first-order valence-electron chi connectivity index (χ1n) is 6.45. The van der Waals surface area contributed by atoms with E-state index < -0.39 is 4.92 Å².